The highest BCUT2D eigenvalue weighted by molar-refractivity contribution is 8.18. The number of carbonyl (C=O) groups excluding carboxylic acids is 3. The van der Waals surface area contributed by atoms with E-state index in [0.717, 1.165) is 35.1 Å². The van der Waals surface area contributed by atoms with Crippen molar-refractivity contribution in [3.63, 3.8) is 0 Å². The lowest BCUT2D eigenvalue weighted by Gasteiger charge is -2.19. The van der Waals surface area contributed by atoms with Crippen molar-refractivity contribution in [1.82, 2.24) is 4.90 Å². The fourth-order valence-electron chi connectivity index (χ4n) is 2.98. The zero-order valence-electron chi connectivity index (χ0n) is 14.7. The molecule has 2 fully saturated rings. The molecule has 2 aliphatic rings. The molecule has 0 unspecified atom stereocenters. The molecule has 150 valence electrons. The molecule has 0 aromatic heterocycles. The second kappa shape index (κ2) is 8.24. The highest BCUT2D eigenvalue weighted by atomic mass is 35.5. The Hall–Kier alpha value is -1.88. The molecule has 3 N–H and O–H groups in total. The fraction of sp³-hybridized carbons (Fsp3) is 0.353. The van der Waals surface area contributed by atoms with Crippen molar-refractivity contribution in [3.05, 3.63) is 34.7 Å². The Morgan fingerprint density at radius 2 is 1.82 bits per heavy atom. The first-order valence-electron chi connectivity index (χ1n) is 8.47. The lowest BCUT2D eigenvalue weighted by molar-refractivity contribution is -0.127. The van der Waals surface area contributed by atoms with Gasteiger partial charge in [0.25, 0.3) is 11.1 Å². The number of benzene rings is 1. The van der Waals surface area contributed by atoms with Crippen molar-refractivity contribution in [2.45, 2.75) is 36.0 Å². The average Bonchev–Trinajstić information content (AvgIpc) is 2.90. The van der Waals surface area contributed by atoms with Gasteiger partial charge in [-0.05, 0) is 61.7 Å². The third-order valence-electron chi connectivity index (χ3n) is 4.46. The summed E-state index contributed by atoms with van der Waals surface area (Å²) in [5.74, 6) is -1.03. The van der Waals surface area contributed by atoms with Gasteiger partial charge in [-0.15, -0.1) is 11.6 Å². The number of nitrogens with zero attached hydrogens (tertiary/aromatic N) is 1. The quantitative estimate of drug-likeness (QED) is 0.543. The number of rotatable bonds is 4. The average molecular weight is 444 g/mol. The number of imide groups is 1. The van der Waals surface area contributed by atoms with Crippen molar-refractivity contribution in [3.8, 4) is 0 Å². The predicted molar refractivity (Wildman–Crippen MR) is 106 cm³/mol. The normalized spacial score (nSPS) is 20.6. The van der Waals surface area contributed by atoms with Gasteiger partial charge in [0.1, 0.15) is 6.54 Å². The molecule has 3 amide bonds. The van der Waals surface area contributed by atoms with Gasteiger partial charge < -0.3 is 5.32 Å². The molecule has 1 aliphatic heterocycles. The third kappa shape index (κ3) is 4.75. The molecular formula is C17H18ClN3O5S2. The lowest BCUT2D eigenvalue weighted by atomic mass is 9.94. The van der Waals surface area contributed by atoms with Crippen LogP contribution in [0.2, 0.25) is 0 Å². The fourth-order valence-corrected chi connectivity index (χ4v) is 4.69. The van der Waals surface area contributed by atoms with E-state index in [2.05, 4.69) is 5.32 Å². The largest absolute Gasteiger partial charge is 0.325 e. The van der Waals surface area contributed by atoms with E-state index in [1.807, 2.05) is 0 Å². The molecule has 0 bridgehead atoms. The molecule has 0 atom stereocenters. The molecule has 1 aromatic carbocycles. The van der Waals surface area contributed by atoms with Crippen LogP contribution in [0, 0.1) is 0 Å². The topological polar surface area (TPSA) is 127 Å². The summed E-state index contributed by atoms with van der Waals surface area (Å²) in [5.41, 5.74) is 1.24. The number of hydrogen-bond donors (Lipinski definition) is 2. The van der Waals surface area contributed by atoms with Crippen molar-refractivity contribution in [2.24, 2.45) is 5.14 Å². The van der Waals surface area contributed by atoms with Crippen LogP contribution in [0.3, 0.4) is 0 Å². The number of carbonyl (C=O) groups is 3. The molecule has 0 radical (unpaired) electrons. The SMILES string of the molecule is NS(=O)(=O)c1ccc(NC(=O)CN2C(=O)SC(=C3CCC(Cl)CC3)C2=O)cc1. The van der Waals surface area contributed by atoms with E-state index >= 15 is 0 Å². The maximum atomic E-state index is 12.6. The summed E-state index contributed by atoms with van der Waals surface area (Å²) in [4.78, 5) is 38.2. The molecule has 0 spiro atoms. The van der Waals surface area contributed by atoms with Crippen LogP contribution in [-0.2, 0) is 19.6 Å². The smallest absolute Gasteiger partial charge is 0.294 e. The molecule has 11 heteroatoms. The Balaban J connectivity index is 1.65. The lowest BCUT2D eigenvalue weighted by Crippen LogP contribution is -2.36. The van der Waals surface area contributed by atoms with Crippen LogP contribution >= 0.6 is 23.4 Å². The highest BCUT2D eigenvalue weighted by Crippen LogP contribution is 2.39. The Kier molecular flexibility index (Phi) is 6.13. The first kappa shape index (κ1) is 20.8. The second-order valence-electron chi connectivity index (χ2n) is 6.48. The van der Waals surface area contributed by atoms with Gasteiger partial charge in [0.05, 0.1) is 9.80 Å². The molecular weight excluding hydrogens is 426 g/mol. The molecule has 8 nitrogen and oxygen atoms in total. The number of hydrogen-bond acceptors (Lipinski definition) is 6. The van der Waals surface area contributed by atoms with Gasteiger partial charge >= 0.3 is 0 Å². The number of anilines is 1. The third-order valence-corrected chi connectivity index (χ3v) is 6.89. The molecule has 28 heavy (non-hydrogen) atoms. The summed E-state index contributed by atoms with van der Waals surface area (Å²) in [6.07, 6.45) is 2.87. The molecule has 1 aliphatic carbocycles. The first-order valence-corrected chi connectivity index (χ1v) is 11.3. The number of sulfonamides is 1. The van der Waals surface area contributed by atoms with Crippen LogP contribution in [0.1, 0.15) is 25.7 Å². The predicted octanol–water partition coefficient (Wildman–Crippen LogP) is 2.40. The Labute approximate surface area is 171 Å². The Bertz CT molecular complexity index is 950. The van der Waals surface area contributed by atoms with Crippen molar-refractivity contribution < 1.29 is 22.8 Å². The van der Waals surface area contributed by atoms with Gasteiger partial charge in [0.2, 0.25) is 15.9 Å². The van der Waals surface area contributed by atoms with Crippen LogP contribution < -0.4 is 10.5 Å². The van der Waals surface area contributed by atoms with E-state index in [4.69, 9.17) is 16.7 Å². The minimum atomic E-state index is -3.83. The monoisotopic (exact) mass is 443 g/mol. The maximum absolute atomic E-state index is 12.6. The van der Waals surface area contributed by atoms with Gasteiger partial charge in [-0.2, -0.15) is 0 Å². The number of primary sulfonamides is 1. The van der Waals surface area contributed by atoms with Gasteiger partial charge in [-0.1, -0.05) is 5.57 Å². The van der Waals surface area contributed by atoms with E-state index in [0.29, 0.717) is 23.4 Å². The van der Waals surface area contributed by atoms with Crippen molar-refractivity contribution in [2.75, 3.05) is 11.9 Å². The van der Waals surface area contributed by atoms with Crippen LogP contribution in [0.5, 0.6) is 0 Å². The highest BCUT2D eigenvalue weighted by Gasteiger charge is 2.38. The van der Waals surface area contributed by atoms with Gasteiger partial charge in [-0.3, -0.25) is 19.3 Å². The van der Waals surface area contributed by atoms with Crippen LogP contribution in [0.4, 0.5) is 10.5 Å². The summed E-state index contributed by atoms with van der Waals surface area (Å²) in [6.45, 7) is -0.420. The minimum Gasteiger partial charge on any atom is -0.325 e. The summed E-state index contributed by atoms with van der Waals surface area (Å²) in [5, 5.41) is 7.15. The number of thioether (sulfide) groups is 1. The summed E-state index contributed by atoms with van der Waals surface area (Å²) in [7, 11) is -3.83. The van der Waals surface area contributed by atoms with Gasteiger partial charge in [0, 0.05) is 11.1 Å². The summed E-state index contributed by atoms with van der Waals surface area (Å²) in [6, 6.07) is 5.25. The van der Waals surface area contributed by atoms with Crippen LogP contribution in [0.25, 0.3) is 0 Å². The molecule has 1 saturated heterocycles. The maximum Gasteiger partial charge on any atom is 0.294 e. The number of halogens is 1. The van der Waals surface area contributed by atoms with E-state index in [1.54, 1.807) is 0 Å². The van der Waals surface area contributed by atoms with Crippen molar-refractivity contribution >= 4 is 56.1 Å². The number of amides is 3. The summed E-state index contributed by atoms with van der Waals surface area (Å²) < 4.78 is 22.5. The van der Waals surface area contributed by atoms with Gasteiger partial charge in [-0.25, -0.2) is 13.6 Å². The molecule has 1 saturated carbocycles. The van der Waals surface area contributed by atoms with E-state index in [9.17, 15) is 22.8 Å². The Morgan fingerprint density at radius 1 is 1.21 bits per heavy atom. The molecule has 1 heterocycles. The zero-order valence-corrected chi connectivity index (χ0v) is 17.1. The van der Waals surface area contributed by atoms with E-state index in [-0.39, 0.29) is 10.3 Å². The van der Waals surface area contributed by atoms with Crippen LogP contribution in [-0.4, -0.2) is 42.3 Å². The van der Waals surface area contributed by atoms with Crippen LogP contribution in [0.15, 0.2) is 39.6 Å². The van der Waals surface area contributed by atoms with E-state index < -0.39 is 33.6 Å². The molecule has 1 aromatic rings. The number of allylic oxidation sites excluding steroid dienone is 1. The second-order valence-corrected chi connectivity index (χ2v) is 9.62. The summed E-state index contributed by atoms with van der Waals surface area (Å²) >= 11 is 6.93. The minimum absolute atomic E-state index is 0.0871. The first-order chi connectivity index (χ1) is 13.1. The number of alkyl halides is 1. The van der Waals surface area contributed by atoms with Gasteiger partial charge in [0.15, 0.2) is 0 Å². The zero-order chi connectivity index (χ0) is 20.5. The van der Waals surface area contributed by atoms with Crippen molar-refractivity contribution in [1.29, 1.82) is 0 Å². The Morgan fingerprint density at radius 3 is 2.39 bits per heavy atom. The number of nitrogens with one attached hydrogen (secondary N) is 1. The number of nitrogens with two attached hydrogens (primary N) is 1. The molecule has 3 rings (SSSR count). The van der Waals surface area contributed by atoms with E-state index in [1.165, 1.54) is 24.3 Å². The standard InChI is InChI=1S/C17H18ClN3O5S2/c18-11-3-1-10(2-4-11)15-16(23)21(17(24)27-15)9-14(22)20-12-5-7-13(8-6-12)28(19,25)26/h5-8,11H,1-4,9H2,(H,20,22)(H2,19,25,26).